The predicted octanol–water partition coefficient (Wildman–Crippen LogP) is 2.39. The van der Waals surface area contributed by atoms with Gasteiger partial charge in [0.05, 0.1) is 6.10 Å². The van der Waals surface area contributed by atoms with E-state index in [1.54, 1.807) is 6.07 Å². The molecule has 1 aliphatic heterocycles. The smallest absolute Gasteiger partial charge is 0.352 e. The van der Waals surface area contributed by atoms with Gasteiger partial charge in [0.25, 0.3) is 0 Å². The molecule has 0 bridgehead atoms. The lowest BCUT2D eigenvalue weighted by molar-refractivity contribution is -0.0530. The molecule has 0 atom stereocenters. The van der Waals surface area contributed by atoms with Crippen LogP contribution in [0.25, 0.3) is 0 Å². The molecule has 0 amide bonds. The summed E-state index contributed by atoms with van der Waals surface area (Å²) in [5.74, 6) is -0.832. The highest BCUT2D eigenvalue weighted by molar-refractivity contribution is 5.85. The number of carboxylic acid groups (broad SMARTS) is 1. The van der Waals surface area contributed by atoms with Crippen LogP contribution in [-0.2, 0) is 4.74 Å². The maximum atomic E-state index is 11.2. The number of rotatable bonds is 5. The summed E-state index contributed by atoms with van der Waals surface area (Å²) in [7, 11) is 0. The second kappa shape index (κ2) is 6.20. The van der Waals surface area contributed by atoms with Crippen LogP contribution in [0.4, 0.5) is 0 Å². The fraction of sp³-hybridized carbons (Fsp3) is 0.688. The highest BCUT2D eigenvalue weighted by Gasteiger charge is 2.36. The van der Waals surface area contributed by atoms with E-state index >= 15 is 0 Å². The summed E-state index contributed by atoms with van der Waals surface area (Å²) in [5, 5.41) is 9.21. The molecule has 1 N–H and O–H groups in total. The molecule has 116 valence electrons. The average molecular weight is 292 g/mol. The molecule has 1 aliphatic carbocycles. The van der Waals surface area contributed by atoms with Gasteiger partial charge >= 0.3 is 5.97 Å². The summed E-state index contributed by atoms with van der Waals surface area (Å²) in [4.78, 5) is 13.8. The summed E-state index contributed by atoms with van der Waals surface area (Å²) >= 11 is 0. The summed E-state index contributed by atoms with van der Waals surface area (Å²) in [5.41, 5.74) is 0.411. The van der Waals surface area contributed by atoms with Crippen molar-refractivity contribution in [1.82, 2.24) is 9.47 Å². The summed E-state index contributed by atoms with van der Waals surface area (Å²) in [6.45, 7) is 4.98. The Kier molecular flexibility index (Phi) is 4.31. The predicted molar refractivity (Wildman–Crippen MR) is 79.7 cm³/mol. The van der Waals surface area contributed by atoms with Crippen LogP contribution < -0.4 is 0 Å². The normalized spacial score (nSPS) is 27.5. The largest absolute Gasteiger partial charge is 0.477 e. The third kappa shape index (κ3) is 2.99. The van der Waals surface area contributed by atoms with E-state index in [1.807, 2.05) is 16.8 Å². The van der Waals surface area contributed by atoms with Crippen LogP contribution in [0.2, 0.25) is 0 Å². The van der Waals surface area contributed by atoms with Crippen LogP contribution in [0, 0.1) is 0 Å². The second-order valence-electron chi connectivity index (χ2n) is 6.08. The molecular formula is C16H24N2O3. The number of ether oxygens (including phenoxy) is 1. The van der Waals surface area contributed by atoms with Crippen molar-refractivity contribution in [2.75, 3.05) is 19.7 Å². The van der Waals surface area contributed by atoms with Gasteiger partial charge in [-0.05, 0) is 44.7 Å². The molecule has 0 radical (unpaired) electrons. The number of hydrogen-bond acceptors (Lipinski definition) is 3. The van der Waals surface area contributed by atoms with Gasteiger partial charge in [-0.1, -0.05) is 0 Å². The van der Waals surface area contributed by atoms with E-state index in [0.717, 1.165) is 45.4 Å². The van der Waals surface area contributed by atoms with E-state index in [2.05, 4.69) is 11.8 Å². The van der Waals surface area contributed by atoms with Crippen molar-refractivity contribution in [2.45, 2.75) is 50.8 Å². The number of nitrogens with zero attached hydrogens (tertiary/aromatic N) is 2. The molecule has 1 aromatic rings. The minimum absolute atomic E-state index is 0.324. The van der Waals surface area contributed by atoms with Gasteiger partial charge in [0, 0.05) is 38.0 Å². The Labute approximate surface area is 125 Å². The molecule has 3 rings (SSSR count). The molecule has 1 saturated carbocycles. The first-order chi connectivity index (χ1) is 10.2. The number of likely N-dealkylation sites (tertiary alicyclic amines) is 1. The van der Waals surface area contributed by atoms with Gasteiger partial charge in [-0.15, -0.1) is 0 Å². The SMILES string of the molecule is CCOC1CC(N2CCC(n3cccc3C(=O)O)CC2)C1. The zero-order chi connectivity index (χ0) is 14.8. The van der Waals surface area contributed by atoms with Crippen LogP contribution in [0.3, 0.4) is 0 Å². The summed E-state index contributed by atoms with van der Waals surface area (Å²) < 4.78 is 7.56. The fourth-order valence-electron chi connectivity index (χ4n) is 3.63. The van der Waals surface area contributed by atoms with E-state index in [9.17, 15) is 9.90 Å². The molecular weight excluding hydrogens is 268 g/mol. The lowest BCUT2D eigenvalue weighted by atomic mass is 9.86. The average Bonchev–Trinajstić information content (AvgIpc) is 2.92. The monoisotopic (exact) mass is 292 g/mol. The Morgan fingerprint density at radius 3 is 2.67 bits per heavy atom. The van der Waals surface area contributed by atoms with E-state index in [4.69, 9.17) is 4.74 Å². The van der Waals surface area contributed by atoms with E-state index in [-0.39, 0.29) is 0 Å². The van der Waals surface area contributed by atoms with Crippen molar-refractivity contribution in [1.29, 1.82) is 0 Å². The van der Waals surface area contributed by atoms with Crippen molar-refractivity contribution in [3.8, 4) is 0 Å². The first kappa shape index (κ1) is 14.6. The van der Waals surface area contributed by atoms with Crippen molar-refractivity contribution in [3.05, 3.63) is 24.0 Å². The Morgan fingerprint density at radius 1 is 1.33 bits per heavy atom. The van der Waals surface area contributed by atoms with Crippen molar-refractivity contribution in [2.24, 2.45) is 0 Å². The van der Waals surface area contributed by atoms with Crippen LogP contribution >= 0.6 is 0 Å². The number of hydrogen-bond donors (Lipinski definition) is 1. The number of aromatic carboxylic acids is 1. The maximum Gasteiger partial charge on any atom is 0.352 e. The molecule has 2 fully saturated rings. The fourth-order valence-corrected chi connectivity index (χ4v) is 3.63. The zero-order valence-electron chi connectivity index (χ0n) is 12.6. The second-order valence-corrected chi connectivity index (χ2v) is 6.08. The third-order valence-corrected chi connectivity index (χ3v) is 4.88. The topological polar surface area (TPSA) is 54.7 Å². The molecule has 21 heavy (non-hydrogen) atoms. The van der Waals surface area contributed by atoms with Gasteiger partial charge in [0.15, 0.2) is 0 Å². The van der Waals surface area contributed by atoms with Gasteiger partial charge in [-0.3, -0.25) is 0 Å². The Balaban J connectivity index is 1.52. The Bertz CT molecular complexity index is 485. The maximum absolute atomic E-state index is 11.2. The summed E-state index contributed by atoms with van der Waals surface area (Å²) in [6, 6.07) is 4.51. The molecule has 2 heterocycles. The Hall–Kier alpha value is -1.33. The highest BCUT2D eigenvalue weighted by atomic mass is 16.5. The van der Waals surface area contributed by atoms with Gasteiger partial charge < -0.3 is 19.3 Å². The van der Waals surface area contributed by atoms with E-state index in [0.29, 0.717) is 23.9 Å². The first-order valence-corrected chi connectivity index (χ1v) is 7.94. The zero-order valence-corrected chi connectivity index (χ0v) is 12.6. The van der Waals surface area contributed by atoms with Gasteiger partial charge in [-0.2, -0.15) is 0 Å². The van der Waals surface area contributed by atoms with Crippen molar-refractivity contribution < 1.29 is 14.6 Å². The molecule has 1 aromatic heterocycles. The van der Waals surface area contributed by atoms with E-state index in [1.165, 1.54) is 0 Å². The quantitative estimate of drug-likeness (QED) is 0.905. The van der Waals surface area contributed by atoms with E-state index < -0.39 is 5.97 Å². The highest BCUT2D eigenvalue weighted by Crippen LogP contribution is 2.33. The number of carboxylic acids is 1. The van der Waals surface area contributed by atoms with Gasteiger partial charge in [0.1, 0.15) is 5.69 Å². The molecule has 0 spiro atoms. The number of piperidine rings is 1. The number of carbonyl (C=O) groups is 1. The van der Waals surface area contributed by atoms with Crippen molar-refractivity contribution >= 4 is 5.97 Å². The minimum atomic E-state index is -0.832. The molecule has 2 aliphatic rings. The van der Waals surface area contributed by atoms with Crippen LogP contribution in [0.5, 0.6) is 0 Å². The van der Waals surface area contributed by atoms with Crippen LogP contribution in [-0.4, -0.2) is 52.4 Å². The van der Waals surface area contributed by atoms with Gasteiger partial charge in [0.2, 0.25) is 0 Å². The lowest BCUT2D eigenvalue weighted by Gasteiger charge is -2.45. The van der Waals surface area contributed by atoms with Gasteiger partial charge in [-0.25, -0.2) is 4.79 Å². The first-order valence-electron chi connectivity index (χ1n) is 7.94. The van der Waals surface area contributed by atoms with Crippen LogP contribution in [0.15, 0.2) is 18.3 Å². The molecule has 0 aromatic carbocycles. The minimum Gasteiger partial charge on any atom is -0.477 e. The lowest BCUT2D eigenvalue weighted by Crippen LogP contribution is -2.51. The van der Waals surface area contributed by atoms with Crippen LogP contribution in [0.1, 0.15) is 49.1 Å². The molecule has 5 heteroatoms. The molecule has 0 unspecified atom stereocenters. The Morgan fingerprint density at radius 2 is 2.05 bits per heavy atom. The number of aromatic nitrogens is 1. The molecule has 5 nitrogen and oxygen atoms in total. The third-order valence-electron chi connectivity index (χ3n) is 4.88. The van der Waals surface area contributed by atoms with Crippen molar-refractivity contribution in [3.63, 3.8) is 0 Å². The summed E-state index contributed by atoms with van der Waals surface area (Å²) in [6.07, 6.45) is 6.74. The molecule has 1 saturated heterocycles. The standard InChI is InChI=1S/C16H24N2O3/c1-2-21-14-10-13(11-14)17-8-5-12(6-9-17)18-7-3-4-15(18)16(19)20/h3-4,7,12-14H,2,5-6,8-11H2,1H3,(H,19,20).